The molecule has 0 aliphatic rings. The highest BCUT2D eigenvalue weighted by Crippen LogP contribution is 2.32. The summed E-state index contributed by atoms with van der Waals surface area (Å²) in [4.78, 5) is 19.6. The topological polar surface area (TPSA) is 79.9 Å². The molecule has 0 saturated carbocycles. The van der Waals surface area contributed by atoms with Gasteiger partial charge < -0.3 is 9.47 Å². The molecule has 0 aliphatic carbocycles. The second kappa shape index (κ2) is 11.3. The quantitative estimate of drug-likeness (QED) is 0.184. The lowest BCUT2D eigenvalue weighted by atomic mass is 10.1. The summed E-state index contributed by atoms with van der Waals surface area (Å²) in [5.41, 5.74) is 9.19. The molecule has 0 N–H and O–H groups in total. The first-order valence-corrected chi connectivity index (χ1v) is 14.9. The maximum Gasteiger partial charge on any atom is 0.147 e. The van der Waals surface area contributed by atoms with Crippen molar-refractivity contribution in [2.24, 2.45) is 0 Å². The normalized spacial score (nSPS) is 11.3. The van der Waals surface area contributed by atoms with Crippen molar-refractivity contribution in [1.82, 2.24) is 29.1 Å². The van der Waals surface area contributed by atoms with Crippen molar-refractivity contribution in [3.8, 4) is 57.0 Å². The maximum atomic E-state index is 5.37. The third kappa shape index (κ3) is 4.73. The van der Waals surface area contributed by atoms with Gasteiger partial charge in [0.05, 0.1) is 47.7 Å². The van der Waals surface area contributed by atoms with Crippen LogP contribution in [0.3, 0.4) is 0 Å². The molecule has 4 heterocycles. The minimum absolute atomic E-state index is 0.770. The third-order valence-corrected chi connectivity index (χ3v) is 8.09. The van der Waals surface area contributed by atoms with Gasteiger partial charge in [-0.15, -0.1) is 0 Å². The molecule has 4 aromatic carbocycles. The first-order valence-electron chi connectivity index (χ1n) is 14.9. The largest absolute Gasteiger partial charge is 0.497 e. The van der Waals surface area contributed by atoms with Gasteiger partial charge in [-0.2, -0.15) is 0 Å². The van der Waals surface area contributed by atoms with Gasteiger partial charge in [-0.05, 0) is 97.1 Å². The fourth-order valence-electron chi connectivity index (χ4n) is 5.78. The van der Waals surface area contributed by atoms with Crippen LogP contribution in [0.4, 0.5) is 0 Å². The van der Waals surface area contributed by atoms with Crippen molar-refractivity contribution in [3.63, 3.8) is 0 Å². The minimum atomic E-state index is 0.770. The molecule has 222 valence electrons. The zero-order valence-electron chi connectivity index (χ0n) is 25.2. The summed E-state index contributed by atoms with van der Waals surface area (Å²) in [7, 11) is 3.34. The summed E-state index contributed by atoms with van der Waals surface area (Å²) in [5.74, 6) is 3.23. The SMILES string of the molecule is COc1ccc(-n2c(-c3ccc(-c4ccc(-c5nc6ccccc6n5-c5ccc(OC)cc5)cn4)nc3)nc3ccccc32)cc1. The lowest BCUT2D eigenvalue weighted by Crippen LogP contribution is -1.99. The van der Waals surface area contributed by atoms with Crippen molar-refractivity contribution < 1.29 is 9.47 Å². The molecule has 8 nitrogen and oxygen atoms in total. The average molecular weight is 601 g/mol. The molecule has 0 spiro atoms. The van der Waals surface area contributed by atoms with Gasteiger partial charge >= 0.3 is 0 Å². The van der Waals surface area contributed by atoms with E-state index in [1.807, 2.05) is 122 Å². The fraction of sp³-hybridized carbons (Fsp3) is 0.0526. The monoisotopic (exact) mass is 600 g/mol. The highest BCUT2D eigenvalue weighted by atomic mass is 16.5. The first kappa shape index (κ1) is 27.3. The number of nitrogens with zero attached hydrogens (tertiary/aromatic N) is 6. The van der Waals surface area contributed by atoms with Crippen LogP contribution < -0.4 is 9.47 Å². The minimum Gasteiger partial charge on any atom is -0.497 e. The number of ether oxygens (including phenoxy) is 2. The Labute approximate surface area is 265 Å². The standard InChI is InChI=1S/C38H28N6O2/c1-45-29-17-13-27(14-18-29)43-35-9-5-3-7-33(35)41-37(43)25-11-21-31(39-23-25)32-22-12-26(24-40-32)38-42-34-8-4-6-10-36(34)44(38)28-15-19-30(46-2)20-16-28/h3-24H,1-2H3. The summed E-state index contributed by atoms with van der Waals surface area (Å²) >= 11 is 0. The molecule has 0 radical (unpaired) electrons. The Morgan fingerprint density at radius 1 is 0.457 bits per heavy atom. The van der Waals surface area contributed by atoms with Crippen LogP contribution in [0.2, 0.25) is 0 Å². The number of aromatic nitrogens is 6. The Balaban J connectivity index is 1.14. The van der Waals surface area contributed by atoms with Gasteiger partial charge in [0.1, 0.15) is 23.1 Å². The van der Waals surface area contributed by atoms with Gasteiger partial charge in [0.15, 0.2) is 0 Å². The van der Waals surface area contributed by atoms with Crippen LogP contribution in [-0.2, 0) is 0 Å². The molecule has 0 saturated heterocycles. The second-order valence-corrected chi connectivity index (χ2v) is 10.8. The summed E-state index contributed by atoms with van der Waals surface area (Å²) in [6.45, 7) is 0. The first-order chi connectivity index (χ1) is 22.7. The van der Waals surface area contributed by atoms with Gasteiger partial charge in [0, 0.05) is 34.9 Å². The molecule has 0 atom stereocenters. The second-order valence-electron chi connectivity index (χ2n) is 10.8. The summed E-state index contributed by atoms with van der Waals surface area (Å²) in [6, 6.07) is 40.3. The predicted molar refractivity (Wildman–Crippen MR) is 181 cm³/mol. The molecule has 0 amide bonds. The van der Waals surface area contributed by atoms with Crippen molar-refractivity contribution in [3.05, 3.63) is 134 Å². The number of hydrogen-bond acceptors (Lipinski definition) is 6. The average Bonchev–Trinajstić information content (AvgIpc) is 3.71. The van der Waals surface area contributed by atoms with Crippen molar-refractivity contribution in [2.75, 3.05) is 14.2 Å². The molecule has 4 aromatic heterocycles. The summed E-state index contributed by atoms with van der Waals surface area (Å²) < 4.78 is 15.0. The van der Waals surface area contributed by atoms with E-state index in [9.17, 15) is 0 Å². The van der Waals surface area contributed by atoms with Gasteiger partial charge in [-0.1, -0.05) is 24.3 Å². The lowest BCUT2D eigenvalue weighted by molar-refractivity contribution is 0.414. The Morgan fingerprint density at radius 2 is 0.870 bits per heavy atom. The number of methoxy groups -OCH3 is 2. The van der Waals surface area contributed by atoms with E-state index in [1.165, 1.54) is 0 Å². The van der Waals surface area contributed by atoms with E-state index in [0.717, 1.165) is 79.1 Å². The fourth-order valence-corrected chi connectivity index (χ4v) is 5.78. The van der Waals surface area contributed by atoms with Crippen LogP contribution >= 0.6 is 0 Å². The van der Waals surface area contributed by atoms with E-state index in [1.54, 1.807) is 14.2 Å². The lowest BCUT2D eigenvalue weighted by Gasteiger charge is -2.11. The van der Waals surface area contributed by atoms with Crippen LogP contribution in [-0.4, -0.2) is 43.3 Å². The maximum absolute atomic E-state index is 5.37. The van der Waals surface area contributed by atoms with Crippen LogP contribution in [0, 0.1) is 0 Å². The Hall–Kier alpha value is -6.28. The van der Waals surface area contributed by atoms with E-state index in [-0.39, 0.29) is 0 Å². The molecule has 0 unspecified atom stereocenters. The predicted octanol–water partition coefficient (Wildman–Crippen LogP) is 8.17. The zero-order valence-corrected chi connectivity index (χ0v) is 25.2. The van der Waals surface area contributed by atoms with Crippen LogP contribution in [0.15, 0.2) is 134 Å². The van der Waals surface area contributed by atoms with E-state index < -0.39 is 0 Å². The van der Waals surface area contributed by atoms with Gasteiger partial charge in [0.25, 0.3) is 0 Å². The Morgan fingerprint density at radius 3 is 1.24 bits per heavy atom. The van der Waals surface area contributed by atoms with E-state index >= 15 is 0 Å². The Bertz CT molecular complexity index is 2140. The number of rotatable bonds is 7. The molecular formula is C38H28N6O2. The number of pyridine rings is 2. The number of imidazole rings is 2. The van der Waals surface area contributed by atoms with Crippen molar-refractivity contribution in [2.45, 2.75) is 0 Å². The molecule has 0 aliphatic heterocycles. The smallest absolute Gasteiger partial charge is 0.147 e. The van der Waals surface area contributed by atoms with E-state index in [4.69, 9.17) is 29.4 Å². The van der Waals surface area contributed by atoms with Crippen LogP contribution in [0.25, 0.3) is 67.6 Å². The third-order valence-electron chi connectivity index (χ3n) is 8.09. The number of fused-ring (bicyclic) bond motifs is 2. The van der Waals surface area contributed by atoms with Crippen LogP contribution in [0.1, 0.15) is 0 Å². The van der Waals surface area contributed by atoms with Crippen molar-refractivity contribution >= 4 is 22.1 Å². The zero-order chi connectivity index (χ0) is 31.0. The molecule has 0 fully saturated rings. The molecule has 0 bridgehead atoms. The highest BCUT2D eigenvalue weighted by Gasteiger charge is 2.17. The number of benzene rings is 4. The van der Waals surface area contributed by atoms with Crippen molar-refractivity contribution in [1.29, 1.82) is 0 Å². The summed E-state index contributed by atoms with van der Waals surface area (Å²) in [5, 5.41) is 0. The molecule has 8 heteroatoms. The van der Waals surface area contributed by atoms with Gasteiger partial charge in [-0.3, -0.25) is 19.1 Å². The van der Waals surface area contributed by atoms with Gasteiger partial charge in [0.2, 0.25) is 0 Å². The van der Waals surface area contributed by atoms with Gasteiger partial charge in [-0.25, -0.2) is 9.97 Å². The Kier molecular flexibility index (Phi) is 6.72. The summed E-state index contributed by atoms with van der Waals surface area (Å²) in [6.07, 6.45) is 3.71. The molecule has 8 aromatic rings. The number of para-hydroxylation sites is 4. The molecule has 8 rings (SSSR count). The van der Waals surface area contributed by atoms with Crippen LogP contribution in [0.5, 0.6) is 11.5 Å². The molecular weight excluding hydrogens is 572 g/mol. The highest BCUT2D eigenvalue weighted by molar-refractivity contribution is 5.84. The molecule has 46 heavy (non-hydrogen) atoms. The number of hydrogen-bond donors (Lipinski definition) is 0. The van der Waals surface area contributed by atoms with E-state index in [2.05, 4.69) is 21.3 Å². The van der Waals surface area contributed by atoms with E-state index in [0.29, 0.717) is 0 Å².